The van der Waals surface area contributed by atoms with E-state index in [0.717, 1.165) is 30.8 Å². The van der Waals surface area contributed by atoms with E-state index in [1.807, 2.05) is 6.92 Å². The number of carbonyl (C=O) groups is 1. The number of carboxylic acid groups (broad SMARTS) is 1. The summed E-state index contributed by atoms with van der Waals surface area (Å²) in [6, 6.07) is 0. The van der Waals surface area contributed by atoms with E-state index in [4.69, 9.17) is 5.11 Å². The van der Waals surface area contributed by atoms with Crippen LogP contribution in [0.2, 0.25) is 0 Å². The highest BCUT2D eigenvalue weighted by molar-refractivity contribution is 5.67. The van der Waals surface area contributed by atoms with Crippen molar-refractivity contribution in [2.24, 2.45) is 5.92 Å². The zero-order valence-electron chi connectivity index (χ0n) is 12.9. The Labute approximate surface area is 124 Å². The second-order valence-electron chi connectivity index (χ2n) is 5.97. The van der Waals surface area contributed by atoms with Crippen molar-refractivity contribution in [3.8, 4) is 0 Å². The van der Waals surface area contributed by atoms with Crippen molar-refractivity contribution in [2.75, 3.05) is 20.1 Å². The van der Waals surface area contributed by atoms with Crippen LogP contribution in [0.25, 0.3) is 0 Å². The molecule has 21 heavy (non-hydrogen) atoms. The zero-order chi connectivity index (χ0) is 15.6. The Morgan fingerprint density at radius 1 is 1.43 bits per heavy atom. The average Bonchev–Trinajstić information content (AvgIpc) is 2.79. The number of aryl methyl sites for hydroxylation is 1. The zero-order valence-corrected chi connectivity index (χ0v) is 12.9. The maximum atomic E-state index is 12.1. The van der Waals surface area contributed by atoms with Gasteiger partial charge in [0.05, 0.1) is 0 Å². The molecule has 1 fully saturated rings. The molecule has 0 aliphatic carbocycles. The van der Waals surface area contributed by atoms with Gasteiger partial charge in [0, 0.05) is 30.9 Å². The lowest BCUT2D eigenvalue weighted by molar-refractivity contribution is -0.136. The number of carboxylic acids is 1. The van der Waals surface area contributed by atoms with Crippen molar-refractivity contribution in [2.45, 2.75) is 39.7 Å². The highest BCUT2D eigenvalue weighted by Gasteiger charge is 2.22. The molecule has 1 saturated heterocycles. The molecule has 6 heteroatoms. The molecule has 6 nitrogen and oxygen atoms in total. The monoisotopic (exact) mass is 293 g/mol. The Balaban J connectivity index is 2.25. The highest BCUT2D eigenvalue weighted by Crippen LogP contribution is 2.18. The fraction of sp³-hybridized carbons (Fsp3) is 0.667. The van der Waals surface area contributed by atoms with E-state index >= 15 is 0 Å². The molecule has 0 bridgehead atoms. The predicted octanol–water partition coefficient (Wildman–Crippen LogP) is 0.829. The van der Waals surface area contributed by atoms with Gasteiger partial charge in [0.15, 0.2) is 0 Å². The van der Waals surface area contributed by atoms with E-state index in [1.165, 1.54) is 0 Å². The summed E-state index contributed by atoms with van der Waals surface area (Å²) in [5.74, 6) is -0.368. The molecule has 116 valence electrons. The van der Waals surface area contributed by atoms with Gasteiger partial charge in [-0.05, 0) is 51.8 Å². The van der Waals surface area contributed by atoms with Crippen LogP contribution in [0.3, 0.4) is 0 Å². The van der Waals surface area contributed by atoms with Crippen molar-refractivity contribution in [1.82, 2.24) is 14.5 Å². The molecule has 1 aliphatic rings. The van der Waals surface area contributed by atoms with Crippen molar-refractivity contribution < 1.29 is 9.90 Å². The normalized spacial score (nSPS) is 19.1. The summed E-state index contributed by atoms with van der Waals surface area (Å²) in [7, 11) is 2.08. The number of aromatic nitrogens is 2. The van der Waals surface area contributed by atoms with Gasteiger partial charge < -0.3 is 10.0 Å². The Kier molecular flexibility index (Phi) is 4.77. The first-order valence-corrected chi connectivity index (χ1v) is 7.35. The van der Waals surface area contributed by atoms with Gasteiger partial charge in [-0.3, -0.25) is 9.36 Å². The largest absolute Gasteiger partial charge is 0.481 e. The van der Waals surface area contributed by atoms with E-state index in [1.54, 1.807) is 11.5 Å². The van der Waals surface area contributed by atoms with Crippen LogP contribution in [0, 0.1) is 19.8 Å². The van der Waals surface area contributed by atoms with Gasteiger partial charge in [-0.25, -0.2) is 4.79 Å². The van der Waals surface area contributed by atoms with Gasteiger partial charge in [-0.1, -0.05) is 0 Å². The lowest BCUT2D eigenvalue weighted by atomic mass is 10.0. The number of rotatable bonds is 5. The fourth-order valence-electron chi connectivity index (χ4n) is 3.08. The third-order valence-electron chi connectivity index (χ3n) is 4.29. The second-order valence-corrected chi connectivity index (χ2v) is 5.97. The maximum absolute atomic E-state index is 12.1. The van der Waals surface area contributed by atoms with Gasteiger partial charge >= 0.3 is 11.7 Å². The molecular weight excluding hydrogens is 270 g/mol. The predicted molar refractivity (Wildman–Crippen MR) is 79.5 cm³/mol. The van der Waals surface area contributed by atoms with Crippen LogP contribution in [0.15, 0.2) is 4.79 Å². The van der Waals surface area contributed by atoms with Crippen molar-refractivity contribution in [3.63, 3.8) is 0 Å². The third kappa shape index (κ3) is 3.69. The molecule has 0 amide bonds. The highest BCUT2D eigenvalue weighted by atomic mass is 16.4. The van der Waals surface area contributed by atoms with Crippen LogP contribution in [-0.2, 0) is 17.8 Å². The smallest absolute Gasteiger partial charge is 0.347 e. The van der Waals surface area contributed by atoms with Gasteiger partial charge in [-0.2, -0.15) is 4.98 Å². The molecule has 1 N–H and O–H groups in total. The van der Waals surface area contributed by atoms with E-state index in [-0.39, 0.29) is 12.1 Å². The standard InChI is InChI=1S/C15H23N3O3/c1-10-13(4-5-14(19)20)11(2)18(15(21)16-10)9-12-6-7-17(3)8-12/h12H,4-9H2,1-3H3,(H,19,20). The lowest BCUT2D eigenvalue weighted by Crippen LogP contribution is -2.31. The van der Waals surface area contributed by atoms with Crippen molar-refractivity contribution in [3.05, 3.63) is 27.4 Å². The molecular formula is C15H23N3O3. The molecule has 2 heterocycles. The molecule has 0 spiro atoms. The molecule has 1 atom stereocenters. The van der Waals surface area contributed by atoms with E-state index < -0.39 is 5.97 Å². The summed E-state index contributed by atoms with van der Waals surface area (Å²) >= 11 is 0. The lowest BCUT2D eigenvalue weighted by Gasteiger charge is -2.18. The van der Waals surface area contributed by atoms with E-state index in [2.05, 4.69) is 16.9 Å². The number of likely N-dealkylation sites (tertiary alicyclic amines) is 1. The minimum absolute atomic E-state index is 0.0632. The summed E-state index contributed by atoms with van der Waals surface area (Å²) < 4.78 is 1.72. The van der Waals surface area contributed by atoms with Gasteiger partial charge in [0.1, 0.15) is 0 Å². The Morgan fingerprint density at radius 2 is 2.14 bits per heavy atom. The summed E-state index contributed by atoms with van der Waals surface area (Å²) in [5.41, 5.74) is 2.18. The van der Waals surface area contributed by atoms with Crippen molar-refractivity contribution >= 4 is 5.97 Å². The molecule has 1 aromatic rings. The maximum Gasteiger partial charge on any atom is 0.347 e. The summed E-state index contributed by atoms with van der Waals surface area (Å²) in [4.78, 5) is 29.2. The van der Waals surface area contributed by atoms with Gasteiger partial charge in [0.2, 0.25) is 0 Å². The Morgan fingerprint density at radius 3 is 2.71 bits per heavy atom. The molecule has 0 radical (unpaired) electrons. The first-order valence-electron chi connectivity index (χ1n) is 7.35. The molecule has 0 aromatic carbocycles. The summed E-state index contributed by atoms with van der Waals surface area (Å²) in [6.07, 6.45) is 1.57. The molecule has 1 aromatic heterocycles. The van der Waals surface area contributed by atoms with Crippen LogP contribution in [0.5, 0.6) is 0 Å². The minimum Gasteiger partial charge on any atom is -0.481 e. The molecule has 2 rings (SSSR count). The Bertz CT molecular complexity index is 595. The van der Waals surface area contributed by atoms with Crippen LogP contribution in [-0.4, -0.2) is 45.7 Å². The molecule has 1 unspecified atom stereocenters. The third-order valence-corrected chi connectivity index (χ3v) is 4.29. The SMILES string of the molecule is Cc1nc(=O)n(CC2CCN(C)C2)c(C)c1CCC(=O)O. The number of nitrogens with zero attached hydrogens (tertiary/aromatic N) is 3. The van der Waals surface area contributed by atoms with Crippen LogP contribution >= 0.6 is 0 Å². The molecule has 0 saturated carbocycles. The van der Waals surface area contributed by atoms with E-state index in [0.29, 0.717) is 24.6 Å². The van der Waals surface area contributed by atoms with E-state index in [9.17, 15) is 9.59 Å². The first-order chi connectivity index (χ1) is 9.88. The van der Waals surface area contributed by atoms with Crippen LogP contribution < -0.4 is 5.69 Å². The first kappa shape index (κ1) is 15.7. The fourth-order valence-corrected chi connectivity index (χ4v) is 3.08. The van der Waals surface area contributed by atoms with Crippen LogP contribution in [0.4, 0.5) is 0 Å². The topological polar surface area (TPSA) is 75.4 Å². The van der Waals surface area contributed by atoms with Gasteiger partial charge in [-0.15, -0.1) is 0 Å². The van der Waals surface area contributed by atoms with Gasteiger partial charge in [0.25, 0.3) is 0 Å². The summed E-state index contributed by atoms with van der Waals surface area (Å²) in [5, 5.41) is 8.84. The minimum atomic E-state index is -0.830. The number of hydrogen-bond acceptors (Lipinski definition) is 4. The average molecular weight is 293 g/mol. The van der Waals surface area contributed by atoms with Crippen molar-refractivity contribution in [1.29, 1.82) is 0 Å². The quantitative estimate of drug-likeness (QED) is 0.870. The number of hydrogen-bond donors (Lipinski definition) is 1. The van der Waals surface area contributed by atoms with Crippen LogP contribution in [0.1, 0.15) is 29.8 Å². The molecule has 1 aliphatic heterocycles. The second kappa shape index (κ2) is 6.39. The number of aliphatic carboxylic acids is 1. The summed E-state index contributed by atoms with van der Waals surface area (Å²) in [6.45, 7) is 6.39. The Hall–Kier alpha value is -1.69.